The smallest absolute Gasteiger partial charge is 0.246 e. The number of benzene rings is 1. The van der Waals surface area contributed by atoms with Gasteiger partial charge in [-0.2, -0.15) is 0 Å². The number of amides is 3. The van der Waals surface area contributed by atoms with Gasteiger partial charge in [-0.05, 0) is 94.0 Å². The van der Waals surface area contributed by atoms with Crippen LogP contribution < -0.4 is 49.8 Å². The Morgan fingerprint density at radius 3 is 2.30 bits per heavy atom. The number of nitrogens with zero attached hydrogens (tertiary/aromatic N) is 2. The number of imide groups is 1. The highest BCUT2D eigenvalue weighted by atomic mass is 16.3. The fraction of sp³-hybridized carbons (Fsp3) is 0.692. The second kappa shape index (κ2) is 26.3. The highest BCUT2D eigenvalue weighted by Crippen LogP contribution is 2.20. The Balaban J connectivity index is 2.27. The van der Waals surface area contributed by atoms with Gasteiger partial charge in [-0.25, -0.2) is 21.3 Å². The maximum atomic E-state index is 14.4. The lowest BCUT2D eigenvalue weighted by atomic mass is 9.97. The maximum absolute atomic E-state index is 14.4. The highest BCUT2D eigenvalue weighted by molar-refractivity contribution is 6.41. The molecule has 0 radical (unpaired) electrons. The molecule has 0 bridgehead atoms. The van der Waals surface area contributed by atoms with E-state index in [1.807, 2.05) is 27.7 Å². The van der Waals surface area contributed by atoms with Crippen LogP contribution in [0.4, 0.5) is 0 Å². The zero-order chi connectivity index (χ0) is 42.5. The number of hydrogen-bond acceptors (Lipinski definition) is 16. The molecule has 1 aromatic rings. The fourth-order valence-corrected chi connectivity index (χ4v) is 6.59. The van der Waals surface area contributed by atoms with Crippen molar-refractivity contribution in [1.29, 1.82) is 0 Å². The van der Waals surface area contributed by atoms with Crippen LogP contribution in [0.15, 0.2) is 24.3 Å². The summed E-state index contributed by atoms with van der Waals surface area (Å²) in [5.74, 6) is -3.01. The minimum absolute atomic E-state index is 0.0863. The molecule has 322 valence electrons. The van der Waals surface area contributed by atoms with Crippen LogP contribution in [-0.4, -0.2) is 120 Å². The van der Waals surface area contributed by atoms with E-state index in [9.17, 15) is 33.9 Å². The van der Waals surface area contributed by atoms with Gasteiger partial charge in [0.05, 0.1) is 24.7 Å². The number of Topliss-reactive ketones (excluding diaryl/α,β-unsaturated/α-hetero) is 2. The van der Waals surface area contributed by atoms with Gasteiger partial charge in [-0.15, -0.1) is 0 Å². The van der Waals surface area contributed by atoms with Crippen LogP contribution in [0, 0.1) is 11.8 Å². The number of hydrogen-bond donors (Lipinski definition) is 10. The molecule has 1 unspecified atom stereocenters. The number of nitrogens with one attached hydrogen (secondary N) is 5. The Hall–Kier alpha value is -3.72. The average molecular weight is 804 g/mol. The molecular formula is C39H69N11O7. The van der Waals surface area contributed by atoms with E-state index in [-0.39, 0.29) is 37.0 Å². The summed E-state index contributed by atoms with van der Waals surface area (Å²) < 4.78 is 0. The van der Waals surface area contributed by atoms with Gasteiger partial charge < -0.3 is 37.7 Å². The summed E-state index contributed by atoms with van der Waals surface area (Å²) in [4.78, 5) is 81.2. The summed E-state index contributed by atoms with van der Waals surface area (Å²) in [6.45, 7) is 8.61. The van der Waals surface area contributed by atoms with Crippen LogP contribution >= 0.6 is 0 Å². The van der Waals surface area contributed by atoms with E-state index in [4.69, 9.17) is 22.9 Å². The van der Waals surface area contributed by atoms with Crippen molar-refractivity contribution < 1.29 is 33.9 Å². The summed E-state index contributed by atoms with van der Waals surface area (Å²) in [5, 5.41) is 16.7. The van der Waals surface area contributed by atoms with E-state index in [0.717, 1.165) is 11.8 Å². The quantitative estimate of drug-likeness (QED) is 0.0153. The van der Waals surface area contributed by atoms with Crippen LogP contribution in [0.3, 0.4) is 0 Å². The van der Waals surface area contributed by atoms with E-state index in [1.54, 1.807) is 17.1 Å². The van der Waals surface area contributed by atoms with Crippen molar-refractivity contribution in [2.75, 3.05) is 32.7 Å². The highest BCUT2D eigenvalue weighted by Gasteiger charge is 2.38. The Kier molecular flexibility index (Phi) is 22.8. The first-order chi connectivity index (χ1) is 27.1. The van der Waals surface area contributed by atoms with Crippen LogP contribution in [0.1, 0.15) is 91.0 Å². The molecule has 18 heteroatoms. The number of phenols is 1. The first kappa shape index (κ1) is 49.4. The lowest BCUT2D eigenvalue weighted by Gasteiger charge is -2.33. The molecule has 6 atom stereocenters. The van der Waals surface area contributed by atoms with E-state index < -0.39 is 72.3 Å². The summed E-state index contributed by atoms with van der Waals surface area (Å²) in [7, 11) is 0. The zero-order valence-corrected chi connectivity index (χ0v) is 34.2. The number of unbranched alkanes of at least 4 members (excludes halogenated alkanes) is 1. The minimum atomic E-state index is -1.03. The topological polar surface area (TPSA) is 293 Å². The van der Waals surface area contributed by atoms with E-state index in [1.165, 1.54) is 17.0 Å². The second-order valence-corrected chi connectivity index (χ2v) is 15.4. The normalized spacial score (nSPS) is 17.2. The standard InChI is InChI=1S/C39H69N11O7/c1-5-26(4)34(47-46-28(24-51)22-25(2)3)37(56)45-33(53)23-49(21-17-27-13-15-29(52)16-14-27)38(57)32-12-9-20-50(32)48-31(11-6-7-18-40)36(55)35(54)30(41)10-8-19-44-39(42)43/h13-16,24-26,28,30-32,34,39,44,46-48,52H,5-12,17-23,40-43H2,1-4H3,(H,45,53,56)/t26-,28-,30-,31-,32-,34?/m0/s1. The molecule has 1 aromatic carbocycles. The van der Waals surface area contributed by atoms with Crippen LogP contribution in [0.2, 0.25) is 0 Å². The number of rotatable bonds is 29. The molecule has 0 spiro atoms. The molecule has 18 nitrogen and oxygen atoms in total. The molecule has 1 fully saturated rings. The van der Waals surface area contributed by atoms with Gasteiger partial charge >= 0.3 is 0 Å². The third-order valence-corrected chi connectivity index (χ3v) is 10.1. The molecule has 14 N–H and O–H groups in total. The SMILES string of the molecule is CC[C@H](C)C(NN[C@H](C=O)CC(C)C)C(=O)NC(=O)CN(CCc1ccc(O)cc1)C(=O)[C@@H]1CCCN1N[C@@H](CCCCN)C(=O)C(=O)[C@@H](N)CCCNC(N)N. The molecule has 0 aromatic heterocycles. The number of carbonyl (C=O) groups excluding carboxylic acids is 6. The number of carbonyl (C=O) groups is 6. The van der Waals surface area contributed by atoms with Gasteiger partial charge in [0.25, 0.3) is 0 Å². The third-order valence-electron chi connectivity index (χ3n) is 10.1. The van der Waals surface area contributed by atoms with Crippen molar-refractivity contribution >= 4 is 35.6 Å². The average Bonchev–Trinajstić information content (AvgIpc) is 3.64. The molecule has 1 aliphatic heterocycles. The lowest BCUT2D eigenvalue weighted by Crippen LogP contribution is -2.59. The lowest BCUT2D eigenvalue weighted by molar-refractivity contribution is -0.144. The molecule has 57 heavy (non-hydrogen) atoms. The van der Waals surface area contributed by atoms with Gasteiger partial charge in [-0.3, -0.25) is 34.6 Å². The Labute approximate surface area is 337 Å². The first-order valence-corrected chi connectivity index (χ1v) is 20.3. The monoisotopic (exact) mass is 804 g/mol. The Bertz CT molecular complexity index is 1420. The molecule has 0 aliphatic carbocycles. The molecule has 0 saturated carbocycles. The summed E-state index contributed by atoms with van der Waals surface area (Å²) in [6, 6.07) is 2.34. The van der Waals surface area contributed by atoms with E-state index >= 15 is 0 Å². The van der Waals surface area contributed by atoms with Gasteiger partial charge in [0.1, 0.15) is 30.4 Å². The predicted octanol–water partition coefficient (Wildman–Crippen LogP) is -0.968. The van der Waals surface area contributed by atoms with Crippen LogP contribution in [0.25, 0.3) is 0 Å². The Morgan fingerprint density at radius 1 is 0.982 bits per heavy atom. The zero-order valence-electron chi connectivity index (χ0n) is 34.2. The number of aromatic hydroxyl groups is 1. The number of phenolic OH excluding ortho intramolecular Hbond substituents is 1. The summed E-state index contributed by atoms with van der Waals surface area (Å²) in [6.07, 6.45) is 4.75. The third kappa shape index (κ3) is 17.8. The van der Waals surface area contributed by atoms with Crippen molar-refractivity contribution in [2.45, 2.75) is 128 Å². The molecule has 1 heterocycles. The van der Waals surface area contributed by atoms with Crippen molar-refractivity contribution in [1.82, 2.24) is 36.8 Å². The summed E-state index contributed by atoms with van der Waals surface area (Å²) in [5.41, 5.74) is 32.7. The van der Waals surface area contributed by atoms with Crippen LogP contribution in [-0.2, 0) is 35.2 Å². The number of aldehydes is 1. The number of hydrazine groups is 2. The number of nitrogens with two attached hydrogens (primary N) is 4. The summed E-state index contributed by atoms with van der Waals surface area (Å²) >= 11 is 0. The van der Waals surface area contributed by atoms with Gasteiger partial charge in [0.2, 0.25) is 29.3 Å². The van der Waals surface area contributed by atoms with Crippen molar-refractivity contribution in [3.8, 4) is 5.75 Å². The predicted molar refractivity (Wildman–Crippen MR) is 217 cm³/mol. The molecule has 1 aliphatic rings. The first-order valence-electron chi connectivity index (χ1n) is 20.3. The van der Waals surface area contributed by atoms with Crippen molar-refractivity contribution in [3.63, 3.8) is 0 Å². The maximum Gasteiger partial charge on any atom is 0.246 e. The van der Waals surface area contributed by atoms with Gasteiger partial charge in [0.15, 0.2) is 0 Å². The number of ketones is 2. The van der Waals surface area contributed by atoms with Crippen molar-refractivity contribution in [2.24, 2.45) is 34.8 Å². The van der Waals surface area contributed by atoms with Gasteiger partial charge in [-0.1, -0.05) is 52.7 Å². The fourth-order valence-electron chi connectivity index (χ4n) is 6.59. The van der Waals surface area contributed by atoms with E-state index in [2.05, 4.69) is 26.9 Å². The second-order valence-electron chi connectivity index (χ2n) is 15.4. The largest absolute Gasteiger partial charge is 0.508 e. The van der Waals surface area contributed by atoms with E-state index in [0.29, 0.717) is 71.0 Å². The Morgan fingerprint density at radius 2 is 1.68 bits per heavy atom. The molecule has 1 saturated heterocycles. The van der Waals surface area contributed by atoms with Crippen molar-refractivity contribution in [3.05, 3.63) is 29.8 Å². The van der Waals surface area contributed by atoms with Gasteiger partial charge in [0, 0.05) is 13.1 Å². The minimum Gasteiger partial charge on any atom is -0.508 e. The molecule has 3 amide bonds. The van der Waals surface area contributed by atoms with Crippen LogP contribution in [0.5, 0.6) is 5.75 Å². The molecule has 2 rings (SSSR count). The molecular weight excluding hydrogens is 734 g/mol.